The third-order valence-corrected chi connectivity index (χ3v) is 2.89. The van der Waals surface area contributed by atoms with E-state index in [9.17, 15) is 0 Å². The molecule has 114 valence electrons. The molecule has 0 aliphatic rings. The maximum Gasteiger partial charge on any atom is 0.157 e. The average molecular weight is 301 g/mol. The van der Waals surface area contributed by atoms with Crippen molar-refractivity contribution in [2.24, 2.45) is 5.92 Å². The summed E-state index contributed by atoms with van der Waals surface area (Å²) < 4.78 is 5.48. The lowest BCUT2D eigenvalue weighted by Gasteiger charge is -2.12. The molecule has 0 unspecified atom stereocenters. The topological polar surface area (TPSA) is 73.1 Å². The van der Waals surface area contributed by atoms with Crippen LogP contribution >= 0.6 is 11.6 Å². The lowest BCUT2D eigenvalue weighted by atomic mass is 10.1. The van der Waals surface area contributed by atoms with Gasteiger partial charge in [0.1, 0.15) is 11.5 Å². The fourth-order valence-corrected chi connectivity index (χ4v) is 1.86. The van der Waals surface area contributed by atoms with Crippen molar-refractivity contribution in [1.29, 1.82) is 0 Å². The van der Waals surface area contributed by atoms with E-state index in [1.807, 2.05) is 13.8 Å². The summed E-state index contributed by atoms with van der Waals surface area (Å²) >= 11 is 6.04. The Morgan fingerprint density at radius 3 is 2.55 bits per heavy atom. The third kappa shape index (κ3) is 5.92. The standard InChI is InChI=1S/C14H25ClN4O/c1-9(2)8-11-18-13(15)12(16)14(19-11)17-6-5-7-20-10(3)4/h9-10H,5-8,16H2,1-4H3,(H,17,18,19). The van der Waals surface area contributed by atoms with Crippen LogP contribution in [0.25, 0.3) is 0 Å². The van der Waals surface area contributed by atoms with E-state index < -0.39 is 0 Å². The average Bonchev–Trinajstić information content (AvgIpc) is 2.33. The van der Waals surface area contributed by atoms with Crippen LogP contribution in [0.4, 0.5) is 11.5 Å². The zero-order valence-corrected chi connectivity index (χ0v) is 13.5. The molecule has 0 spiro atoms. The van der Waals surface area contributed by atoms with Gasteiger partial charge in [-0.3, -0.25) is 0 Å². The maximum atomic E-state index is 6.04. The van der Waals surface area contributed by atoms with E-state index in [0.717, 1.165) is 25.2 Å². The van der Waals surface area contributed by atoms with Crippen molar-refractivity contribution in [3.63, 3.8) is 0 Å². The van der Waals surface area contributed by atoms with E-state index >= 15 is 0 Å². The fourth-order valence-electron chi connectivity index (χ4n) is 1.67. The zero-order chi connectivity index (χ0) is 15.1. The van der Waals surface area contributed by atoms with Gasteiger partial charge in [0.15, 0.2) is 11.0 Å². The van der Waals surface area contributed by atoms with Crippen molar-refractivity contribution in [1.82, 2.24) is 9.97 Å². The number of ether oxygens (including phenoxy) is 1. The lowest BCUT2D eigenvalue weighted by molar-refractivity contribution is 0.0787. The molecule has 6 heteroatoms. The Morgan fingerprint density at radius 2 is 1.95 bits per heavy atom. The highest BCUT2D eigenvalue weighted by atomic mass is 35.5. The molecule has 0 aliphatic heterocycles. The van der Waals surface area contributed by atoms with Crippen LogP contribution in [-0.2, 0) is 11.2 Å². The highest BCUT2D eigenvalue weighted by molar-refractivity contribution is 6.32. The number of nitrogen functional groups attached to an aromatic ring is 1. The molecule has 0 radical (unpaired) electrons. The van der Waals surface area contributed by atoms with Crippen molar-refractivity contribution in [3.05, 3.63) is 11.0 Å². The Balaban J connectivity index is 2.57. The largest absolute Gasteiger partial charge is 0.393 e. The summed E-state index contributed by atoms with van der Waals surface area (Å²) in [6, 6.07) is 0. The smallest absolute Gasteiger partial charge is 0.157 e. The monoisotopic (exact) mass is 300 g/mol. The second-order valence-corrected chi connectivity index (χ2v) is 5.85. The molecule has 1 heterocycles. The summed E-state index contributed by atoms with van der Waals surface area (Å²) in [4.78, 5) is 8.64. The molecule has 0 saturated carbocycles. The number of anilines is 2. The number of hydrogen-bond donors (Lipinski definition) is 2. The van der Waals surface area contributed by atoms with Crippen LogP contribution in [0.5, 0.6) is 0 Å². The molecule has 20 heavy (non-hydrogen) atoms. The molecule has 0 aliphatic carbocycles. The summed E-state index contributed by atoms with van der Waals surface area (Å²) in [6.07, 6.45) is 1.93. The first-order valence-corrected chi connectivity index (χ1v) is 7.45. The molecule has 0 atom stereocenters. The molecule has 0 aromatic carbocycles. The number of halogens is 1. The molecule has 0 amide bonds. The van der Waals surface area contributed by atoms with Gasteiger partial charge in [0.25, 0.3) is 0 Å². The number of nitrogens with zero attached hydrogens (tertiary/aromatic N) is 2. The molecule has 0 fully saturated rings. The van der Waals surface area contributed by atoms with Gasteiger partial charge in [0.05, 0.1) is 6.10 Å². The highest BCUT2D eigenvalue weighted by Crippen LogP contribution is 2.24. The van der Waals surface area contributed by atoms with Gasteiger partial charge >= 0.3 is 0 Å². The third-order valence-electron chi connectivity index (χ3n) is 2.60. The van der Waals surface area contributed by atoms with Crippen molar-refractivity contribution < 1.29 is 4.74 Å². The van der Waals surface area contributed by atoms with Crippen LogP contribution in [0.1, 0.15) is 39.9 Å². The molecule has 0 bridgehead atoms. The minimum Gasteiger partial charge on any atom is -0.393 e. The van der Waals surface area contributed by atoms with Crippen LogP contribution in [0, 0.1) is 5.92 Å². The zero-order valence-electron chi connectivity index (χ0n) is 12.7. The maximum absolute atomic E-state index is 6.04. The van der Waals surface area contributed by atoms with Crippen molar-refractivity contribution in [2.75, 3.05) is 24.2 Å². The van der Waals surface area contributed by atoms with Gasteiger partial charge in [-0.1, -0.05) is 25.4 Å². The van der Waals surface area contributed by atoms with Crippen molar-refractivity contribution in [2.45, 2.75) is 46.6 Å². The number of nitrogens with one attached hydrogen (secondary N) is 1. The van der Waals surface area contributed by atoms with Crippen LogP contribution < -0.4 is 11.1 Å². The molecular formula is C14H25ClN4O. The first-order valence-electron chi connectivity index (χ1n) is 7.07. The van der Waals surface area contributed by atoms with Crippen LogP contribution in [-0.4, -0.2) is 29.2 Å². The van der Waals surface area contributed by atoms with E-state index in [0.29, 0.717) is 29.2 Å². The first kappa shape index (κ1) is 17.0. The van der Waals surface area contributed by atoms with Crippen LogP contribution in [0.15, 0.2) is 0 Å². The van der Waals surface area contributed by atoms with E-state index in [2.05, 4.69) is 29.1 Å². The Labute approximate surface area is 126 Å². The lowest BCUT2D eigenvalue weighted by Crippen LogP contribution is -2.13. The molecular weight excluding hydrogens is 276 g/mol. The predicted molar refractivity (Wildman–Crippen MR) is 84.2 cm³/mol. The molecule has 0 saturated heterocycles. The second kappa shape index (κ2) is 8.27. The van der Waals surface area contributed by atoms with E-state index in [1.165, 1.54) is 0 Å². The van der Waals surface area contributed by atoms with Gasteiger partial charge < -0.3 is 15.8 Å². The normalized spacial score (nSPS) is 11.3. The van der Waals surface area contributed by atoms with Crippen molar-refractivity contribution in [3.8, 4) is 0 Å². The molecule has 1 aromatic rings. The summed E-state index contributed by atoms with van der Waals surface area (Å²) in [7, 11) is 0. The summed E-state index contributed by atoms with van der Waals surface area (Å²) in [5.74, 6) is 1.81. The molecule has 1 aromatic heterocycles. The van der Waals surface area contributed by atoms with E-state index in [1.54, 1.807) is 0 Å². The summed E-state index contributed by atoms with van der Waals surface area (Å²) in [6.45, 7) is 9.73. The van der Waals surface area contributed by atoms with Gasteiger partial charge in [-0.25, -0.2) is 9.97 Å². The van der Waals surface area contributed by atoms with Gasteiger partial charge in [-0.15, -0.1) is 0 Å². The van der Waals surface area contributed by atoms with Gasteiger partial charge in [-0.05, 0) is 26.2 Å². The van der Waals surface area contributed by atoms with Crippen molar-refractivity contribution >= 4 is 23.1 Å². The molecule has 3 N–H and O–H groups in total. The molecule has 5 nitrogen and oxygen atoms in total. The summed E-state index contributed by atoms with van der Waals surface area (Å²) in [5, 5.41) is 3.52. The van der Waals surface area contributed by atoms with Gasteiger partial charge in [0, 0.05) is 19.6 Å². The first-order chi connectivity index (χ1) is 9.40. The minimum absolute atomic E-state index is 0.256. The quantitative estimate of drug-likeness (QED) is 0.570. The molecule has 1 rings (SSSR count). The number of aromatic nitrogens is 2. The number of nitrogens with two attached hydrogens (primary N) is 1. The Morgan fingerprint density at radius 1 is 1.25 bits per heavy atom. The van der Waals surface area contributed by atoms with Crippen LogP contribution in [0.2, 0.25) is 5.15 Å². The predicted octanol–water partition coefficient (Wildman–Crippen LogP) is 3.14. The Bertz CT molecular complexity index is 424. The Kier molecular flexibility index (Phi) is 7.02. The minimum atomic E-state index is 0.256. The van der Waals surface area contributed by atoms with E-state index in [4.69, 9.17) is 22.1 Å². The number of hydrogen-bond acceptors (Lipinski definition) is 5. The SMILES string of the molecule is CC(C)Cc1nc(Cl)c(N)c(NCCCOC(C)C)n1. The second-order valence-electron chi connectivity index (χ2n) is 5.49. The fraction of sp³-hybridized carbons (Fsp3) is 0.714. The Hall–Kier alpha value is -1.07. The highest BCUT2D eigenvalue weighted by Gasteiger charge is 2.11. The van der Waals surface area contributed by atoms with Gasteiger partial charge in [0.2, 0.25) is 0 Å². The summed E-state index contributed by atoms with van der Waals surface area (Å²) in [5.41, 5.74) is 6.30. The van der Waals surface area contributed by atoms with Gasteiger partial charge in [-0.2, -0.15) is 0 Å². The van der Waals surface area contributed by atoms with Crippen LogP contribution in [0.3, 0.4) is 0 Å². The number of rotatable bonds is 8. The van der Waals surface area contributed by atoms with E-state index in [-0.39, 0.29) is 6.10 Å².